The highest BCUT2D eigenvalue weighted by atomic mass is 16.5. The molecule has 0 radical (unpaired) electrons. The van der Waals surface area contributed by atoms with Crippen molar-refractivity contribution in [1.82, 2.24) is 19.7 Å². The van der Waals surface area contributed by atoms with Gasteiger partial charge >= 0.3 is 0 Å². The van der Waals surface area contributed by atoms with Crippen molar-refractivity contribution in [2.45, 2.75) is 12.6 Å². The average molecular weight is 301 g/mol. The van der Waals surface area contributed by atoms with Crippen molar-refractivity contribution in [1.29, 1.82) is 0 Å². The predicted octanol–water partition coefficient (Wildman–Crippen LogP) is 1.45. The van der Waals surface area contributed by atoms with Crippen LogP contribution in [0.2, 0.25) is 0 Å². The monoisotopic (exact) mass is 301 g/mol. The van der Waals surface area contributed by atoms with Gasteiger partial charge in [0.15, 0.2) is 0 Å². The number of rotatable bonds is 4. The second-order valence-electron chi connectivity index (χ2n) is 5.86. The summed E-state index contributed by atoms with van der Waals surface area (Å²) in [5, 5.41) is 4.23. The van der Waals surface area contributed by atoms with Gasteiger partial charge in [-0.2, -0.15) is 5.10 Å². The van der Waals surface area contributed by atoms with Crippen LogP contribution in [0.1, 0.15) is 17.5 Å². The third kappa shape index (κ3) is 3.28. The summed E-state index contributed by atoms with van der Waals surface area (Å²) in [6.07, 6.45) is 1.87. The van der Waals surface area contributed by atoms with E-state index in [1.807, 2.05) is 55.1 Å². The minimum Gasteiger partial charge on any atom is -0.369 e. The van der Waals surface area contributed by atoms with Crippen LogP contribution in [0.5, 0.6) is 0 Å². The van der Waals surface area contributed by atoms with Crippen molar-refractivity contribution >= 4 is 5.82 Å². The molecule has 0 N–H and O–H groups in total. The zero-order valence-corrected chi connectivity index (χ0v) is 13.4. The van der Waals surface area contributed by atoms with E-state index in [0.717, 1.165) is 37.8 Å². The van der Waals surface area contributed by atoms with E-state index < -0.39 is 0 Å². The zero-order chi connectivity index (χ0) is 15.5. The Balaban J connectivity index is 1.70. The van der Waals surface area contributed by atoms with Crippen LogP contribution in [0, 0.1) is 0 Å². The van der Waals surface area contributed by atoms with Gasteiger partial charge in [0.25, 0.3) is 0 Å². The van der Waals surface area contributed by atoms with E-state index in [4.69, 9.17) is 9.72 Å². The summed E-state index contributed by atoms with van der Waals surface area (Å²) in [5.41, 5.74) is 2.22. The third-order valence-corrected chi connectivity index (χ3v) is 4.00. The number of ether oxygens (including phenoxy) is 1. The van der Waals surface area contributed by atoms with Crippen LogP contribution >= 0.6 is 0 Å². The Morgan fingerprint density at radius 3 is 2.91 bits per heavy atom. The molecule has 1 saturated heterocycles. The van der Waals surface area contributed by atoms with Crippen molar-refractivity contribution in [3.63, 3.8) is 0 Å². The largest absolute Gasteiger partial charge is 0.369 e. The molecule has 0 spiro atoms. The number of hydrogen-bond donors (Lipinski definition) is 0. The van der Waals surface area contributed by atoms with Gasteiger partial charge < -0.3 is 9.64 Å². The Kier molecular flexibility index (Phi) is 4.40. The highest BCUT2D eigenvalue weighted by Crippen LogP contribution is 2.23. The molecule has 0 unspecified atom stereocenters. The number of morpholine rings is 1. The maximum Gasteiger partial charge on any atom is 0.128 e. The molecule has 0 amide bonds. The molecule has 118 valence electrons. The van der Waals surface area contributed by atoms with Crippen molar-refractivity contribution in [2.24, 2.45) is 7.05 Å². The maximum absolute atomic E-state index is 5.93. The van der Waals surface area contributed by atoms with Crippen molar-refractivity contribution in [3.05, 3.63) is 41.9 Å². The molecule has 1 fully saturated rings. The highest BCUT2D eigenvalue weighted by Gasteiger charge is 2.24. The first kappa shape index (κ1) is 15.0. The highest BCUT2D eigenvalue weighted by molar-refractivity contribution is 5.37. The molecule has 1 aliphatic rings. The second-order valence-corrected chi connectivity index (χ2v) is 5.86. The molecule has 22 heavy (non-hydrogen) atoms. The molecule has 1 aliphatic heterocycles. The van der Waals surface area contributed by atoms with Crippen LogP contribution in [0.15, 0.2) is 30.5 Å². The van der Waals surface area contributed by atoms with Crippen molar-refractivity contribution in [2.75, 3.05) is 38.7 Å². The molecule has 1 atom stereocenters. The van der Waals surface area contributed by atoms with Crippen LogP contribution < -0.4 is 4.90 Å². The number of anilines is 1. The van der Waals surface area contributed by atoms with E-state index in [-0.39, 0.29) is 6.10 Å². The lowest BCUT2D eigenvalue weighted by molar-refractivity contribution is -0.0355. The van der Waals surface area contributed by atoms with Crippen molar-refractivity contribution in [3.8, 4) is 0 Å². The molecule has 6 heteroatoms. The molecule has 2 aromatic heterocycles. The Hall–Kier alpha value is -1.92. The standard InChI is InChI=1S/C16H23N5O/c1-19(2)16-6-4-5-14(18-16)15-12-21(9-10-22-15)11-13-7-8-17-20(13)3/h4-8,15H,9-12H2,1-3H3/t15-/m0/s1. The van der Waals surface area contributed by atoms with Crippen molar-refractivity contribution < 1.29 is 4.74 Å². The van der Waals surface area contributed by atoms with Crippen LogP contribution in [0.3, 0.4) is 0 Å². The number of nitrogens with zero attached hydrogens (tertiary/aromatic N) is 5. The van der Waals surface area contributed by atoms with E-state index in [2.05, 4.69) is 16.1 Å². The lowest BCUT2D eigenvalue weighted by atomic mass is 10.1. The Morgan fingerprint density at radius 2 is 2.18 bits per heavy atom. The summed E-state index contributed by atoms with van der Waals surface area (Å²) >= 11 is 0. The Morgan fingerprint density at radius 1 is 1.32 bits per heavy atom. The summed E-state index contributed by atoms with van der Waals surface area (Å²) in [6.45, 7) is 3.42. The minimum absolute atomic E-state index is 0.0295. The fourth-order valence-electron chi connectivity index (χ4n) is 2.68. The number of aryl methyl sites for hydroxylation is 1. The first-order valence-electron chi connectivity index (χ1n) is 7.58. The van der Waals surface area contributed by atoms with Gasteiger partial charge in [-0.25, -0.2) is 4.98 Å². The van der Waals surface area contributed by atoms with Gasteiger partial charge in [-0.3, -0.25) is 9.58 Å². The Labute approximate surface area is 131 Å². The molecule has 3 rings (SSSR count). The SMILES string of the molecule is CN(C)c1cccc([C@@H]2CN(Cc3ccnn3C)CCO2)n1. The van der Waals surface area contributed by atoms with E-state index in [1.54, 1.807) is 0 Å². The lowest BCUT2D eigenvalue weighted by Gasteiger charge is -2.32. The summed E-state index contributed by atoms with van der Waals surface area (Å²) in [7, 11) is 5.99. The topological polar surface area (TPSA) is 46.4 Å². The summed E-state index contributed by atoms with van der Waals surface area (Å²) in [6, 6.07) is 8.17. The fraction of sp³-hybridized carbons (Fsp3) is 0.500. The predicted molar refractivity (Wildman–Crippen MR) is 85.7 cm³/mol. The summed E-state index contributed by atoms with van der Waals surface area (Å²) in [4.78, 5) is 9.11. The van der Waals surface area contributed by atoms with E-state index in [1.165, 1.54) is 5.69 Å². The van der Waals surface area contributed by atoms with Gasteiger partial charge in [0, 0.05) is 47.0 Å². The van der Waals surface area contributed by atoms with Gasteiger partial charge in [0.2, 0.25) is 0 Å². The summed E-state index contributed by atoms with van der Waals surface area (Å²) < 4.78 is 7.86. The molecule has 0 aromatic carbocycles. The van der Waals surface area contributed by atoms with Gasteiger partial charge in [0.05, 0.1) is 18.0 Å². The van der Waals surface area contributed by atoms with Crippen LogP contribution in [0.4, 0.5) is 5.82 Å². The quantitative estimate of drug-likeness (QED) is 0.855. The number of pyridine rings is 1. The van der Waals surface area contributed by atoms with Crippen LogP contribution in [-0.4, -0.2) is 53.5 Å². The van der Waals surface area contributed by atoms with Gasteiger partial charge in [-0.15, -0.1) is 0 Å². The summed E-state index contributed by atoms with van der Waals surface area (Å²) in [5.74, 6) is 0.963. The van der Waals surface area contributed by atoms with E-state index >= 15 is 0 Å². The first-order chi connectivity index (χ1) is 10.6. The molecular weight excluding hydrogens is 278 g/mol. The van der Waals surface area contributed by atoms with E-state index in [0.29, 0.717) is 0 Å². The molecule has 0 saturated carbocycles. The zero-order valence-electron chi connectivity index (χ0n) is 13.4. The van der Waals surface area contributed by atoms with Gasteiger partial charge in [-0.1, -0.05) is 6.07 Å². The molecular formula is C16H23N5O. The van der Waals surface area contributed by atoms with Crippen LogP contribution in [0.25, 0.3) is 0 Å². The average Bonchev–Trinajstić information content (AvgIpc) is 2.93. The molecule has 2 aromatic rings. The molecule has 6 nitrogen and oxygen atoms in total. The molecule has 0 aliphatic carbocycles. The van der Waals surface area contributed by atoms with Gasteiger partial charge in [-0.05, 0) is 18.2 Å². The normalized spacial score (nSPS) is 19.3. The molecule has 0 bridgehead atoms. The van der Waals surface area contributed by atoms with E-state index in [9.17, 15) is 0 Å². The first-order valence-corrected chi connectivity index (χ1v) is 7.58. The smallest absolute Gasteiger partial charge is 0.128 e. The second kappa shape index (κ2) is 6.46. The number of hydrogen-bond acceptors (Lipinski definition) is 5. The minimum atomic E-state index is 0.0295. The third-order valence-electron chi connectivity index (χ3n) is 4.00. The Bertz CT molecular complexity index is 625. The fourth-order valence-corrected chi connectivity index (χ4v) is 2.68. The lowest BCUT2D eigenvalue weighted by Crippen LogP contribution is -2.38. The number of aromatic nitrogens is 3. The maximum atomic E-state index is 5.93. The van der Waals surface area contributed by atoms with Gasteiger partial charge in [0.1, 0.15) is 11.9 Å². The molecule has 3 heterocycles. The van der Waals surface area contributed by atoms with Crippen LogP contribution in [-0.2, 0) is 18.3 Å².